The molecule has 0 fully saturated rings. The van der Waals surface area contributed by atoms with E-state index in [1.54, 1.807) is 0 Å². The summed E-state index contributed by atoms with van der Waals surface area (Å²) in [5.41, 5.74) is 0. The summed E-state index contributed by atoms with van der Waals surface area (Å²) in [6, 6.07) is 0. The fourth-order valence-electron chi connectivity index (χ4n) is 1.17. The van der Waals surface area contributed by atoms with E-state index in [1.807, 2.05) is 0 Å². The van der Waals surface area contributed by atoms with Gasteiger partial charge in [-0.25, -0.2) is 4.74 Å². The summed E-state index contributed by atoms with van der Waals surface area (Å²) in [5, 5.41) is -7.90. The Morgan fingerprint density at radius 1 is 0.467 bits per heavy atom. The topological polar surface area (TPSA) is 43.4 Å². The van der Waals surface area contributed by atoms with Crippen molar-refractivity contribution < 1.29 is 91.7 Å². The van der Waals surface area contributed by atoms with Crippen LogP contribution in [0, 0.1) is 0 Å². The Bertz CT molecular complexity index is 748. The maximum atomic E-state index is 12.9. The average Bonchev–Trinajstić information content (AvgIpc) is 2.42. The second-order valence-electron chi connectivity index (χ2n) is 4.89. The number of alkyl halides is 17. The van der Waals surface area contributed by atoms with Crippen LogP contribution in [0.5, 0.6) is 0 Å². The standard InChI is InChI=1S/C8F18O3S/c9-1(10,5(17,18)19)2(11,12)6(20,21)29-7(22,23)3(13,14)4(15,16)8(24,25)30(26,27)28. The van der Waals surface area contributed by atoms with E-state index < -0.39 is 57.6 Å². The van der Waals surface area contributed by atoms with Gasteiger partial charge in [-0.1, -0.05) is 3.89 Å². The molecule has 0 saturated carbocycles. The van der Waals surface area contributed by atoms with Crippen LogP contribution in [-0.2, 0) is 15.0 Å². The molecule has 0 amide bonds. The first kappa shape index (κ1) is 28.6. The molecule has 22 heteroatoms. The smallest absolute Gasteiger partial charge is 0.245 e. The molecule has 3 nitrogen and oxygen atoms in total. The van der Waals surface area contributed by atoms with Crippen LogP contribution >= 0.6 is 0 Å². The first-order valence-electron chi connectivity index (χ1n) is 5.81. The molecule has 0 atom stereocenters. The molecule has 0 aliphatic rings. The predicted molar refractivity (Wildman–Crippen MR) is 51.8 cm³/mol. The number of halogens is 18. The van der Waals surface area contributed by atoms with Crippen LogP contribution in [0.4, 0.5) is 78.5 Å². The van der Waals surface area contributed by atoms with Gasteiger partial charge in [-0.3, -0.25) is 0 Å². The summed E-state index contributed by atoms with van der Waals surface area (Å²) in [5.74, 6) is -33.1. The van der Waals surface area contributed by atoms with Gasteiger partial charge < -0.3 is 0 Å². The lowest BCUT2D eigenvalue weighted by Gasteiger charge is -2.38. The third kappa shape index (κ3) is 3.83. The highest BCUT2D eigenvalue weighted by molar-refractivity contribution is 7.87. The van der Waals surface area contributed by atoms with Gasteiger partial charge in [0.15, 0.2) is 0 Å². The van der Waals surface area contributed by atoms with E-state index in [0.29, 0.717) is 0 Å². The van der Waals surface area contributed by atoms with E-state index in [0.717, 1.165) is 4.74 Å². The Morgan fingerprint density at radius 3 is 0.967 bits per heavy atom. The van der Waals surface area contributed by atoms with Gasteiger partial charge in [0.05, 0.1) is 0 Å². The highest BCUT2D eigenvalue weighted by atomic mass is 32.3. The summed E-state index contributed by atoms with van der Waals surface area (Å²) in [7, 11) is -8.27. The van der Waals surface area contributed by atoms with Gasteiger partial charge in [0, 0.05) is 0 Å². The van der Waals surface area contributed by atoms with Gasteiger partial charge in [0.1, 0.15) is 0 Å². The van der Waals surface area contributed by atoms with Crippen molar-refractivity contribution in [3.63, 3.8) is 0 Å². The van der Waals surface area contributed by atoms with Crippen LogP contribution in [0.3, 0.4) is 0 Å². The van der Waals surface area contributed by atoms with Crippen molar-refractivity contribution in [2.24, 2.45) is 0 Å². The lowest BCUT2D eigenvalue weighted by molar-refractivity contribution is -0.516. The highest BCUT2D eigenvalue weighted by Crippen LogP contribution is 2.59. The molecule has 0 aliphatic heterocycles. The number of hydrogen-bond donors (Lipinski definition) is 0. The van der Waals surface area contributed by atoms with E-state index in [2.05, 4.69) is 0 Å². The van der Waals surface area contributed by atoms with Gasteiger partial charge in [0.2, 0.25) is 0 Å². The van der Waals surface area contributed by atoms with E-state index in [9.17, 15) is 86.9 Å². The van der Waals surface area contributed by atoms with E-state index in [4.69, 9.17) is 0 Å². The summed E-state index contributed by atoms with van der Waals surface area (Å²) in [4.78, 5) is 0. The summed E-state index contributed by atoms with van der Waals surface area (Å²) >= 11 is 0. The predicted octanol–water partition coefficient (Wildman–Crippen LogP) is 5.18. The Labute approximate surface area is 150 Å². The minimum atomic E-state index is -8.43. The van der Waals surface area contributed by atoms with Crippen LogP contribution in [0.25, 0.3) is 0 Å². The van der Waals surface area contributed by atoms with Crippen molar-refractivity contribution in [2.75, 3.05) is 0 Å². The van der Waals surface area contributed by atoms with Crippen LogP contribution in [-0.4, -0.2) is 55.8 Å². The molecule has 0 spiro atoms. The fourth-order valence-corrected chi connectivity index (χ4v) is 1.60. The third-order valence-corrected chi connectivity index (χ3v) is 3.67. The molecule has 0 unspecified atom stereocenters. The SMILES string of the molecule is O=S(=O)(F)C(F)(F)C(F)(F)C(F)(F)C(F)(F)OC(F)(F)C(F)(F)C(F)(F)C(F)(F)F. The summed E-state index contributed by atoms with van der Waals surface area (Å²) < 4.78 is 246. The highest BCUT2D eigenvalue weighted by Gasteiger charge is 2.89. The molecular formula is C8F18O3S. The minimum Gasteiger partial charge on any atom is -0.245 e. The Morgan fingerprint density at radius 2 is 0.733 bits per heavy atom. The molecule has 0 aromatic heterocycles. The second kappa shape index (κ2) is 6.82. The summed E-state index contributed by atoms with van der Waals surface area (Å²) in [6.45, 7) is 0. The van der Waals surface area contributed by atoms with Gasteiger partial charge in [0.25, 0.3) is 0 Å². The van der Waals surface area contributed by atoms with E-state index >= 15 is 0 Å². The van der Waals surface area contributed by atoms with Crippen molar-refractivity contribution in [3.05, 3.63) is 0 Å². The zero-order valence-corrected chi connectivity index (χ0v) is 13.3. The van der Waals surface area contributed by atoms with Gasteiger partial charge in [-0.15, -0.1) is 0 Å². The first-order valence-corrected chi connectivity index (χ1v) is 7.20. The van der Waals surface area contributed by atoms with Crippen LogP contribution < -0.4 is 0 Å². The fraction of sp³-hybridized carbons (Fsp3) is 1.00. The molecule has 0 aliphatic carbocycles. The lowest BCUT2D eigenvalue weighted by Crippen LogP contribution is -2.68. The van der Waals surface area contributed by atoms with Gasteiger partial charge >= 0.3 is 57.6 Å². The number of rotatable bonds is 8. The molecule has 0 N–H and O–H groups in total. The van der Waals surface area contributed by atoms with Gasteiger partial charge in [-0.2, -0.15) is 83.1 Å². The van der Waals surface area contributed by atoms with Crippen LogP contribution in [0.2, 0.25) is 0 Å². The third-order valence-electron chi connectivity index (χ3n) is 2.80. The average molecular weight is 518 g/mol. The molecule has 0 radical (unpaired) electrons. The van der Waals surface area contributed by atoms with Crippen molar-refractivity contribution in [3.8, 4) is 0 Å². The zero-order valence-electron chi connectivity index (χ0n) is 12.4. The minimum absolute atomic E-state index is 0.953. The van der Waals surface area contributed by atoms with Crippen molar-refractivity contribution in [1.82, 2.24) is 0 Å². The Kier molecular flexibility index (Phi) is 6.52. The van der Waals surface area contributed by atoms with E-state index in [-0.39, 0.29) is 0 Å². The molecule has 30 heavy (non-hydrogen) atoms. The molecule has 0 rings (SSSR count). The molecule has 0 heterocycles. The maximum Gasteiger partial charge on any atom is 0.460 e. The number of ether oxygens (including phenoxy) is 1. The van der Waals surface area contributed by atoms with Crippen LogP contribution in [0.1, 0.15) is 0 Å². The molecule has 0 saturated heterocycles. The molecule has 0 bridgehead atoms. The summed E-state index contributed by atoms with van der Waals surface area (Å²) in [6.07, 6.45) is -24.1. The molecule has 0 aromatic carbocycles. The number of hydrogen-bond acceptors (Lipinski definition) is 3. The normalized spacial score (nSPS) is 16.7. The van der Waals surface area contributed by atoms with Crippen LogP contribution in [0.15, 0.2) is 0 Å². The molecular weight excluding hydrogens is 518 g/mol. The maximum absolute atomic E-state index is 12.9. The monoisotopic (exact) mass is 518 g/mol. The van der Waals surface area contributed by atoms with Crippen molar-refractivity contribution in [1.29, 1.82) is 0 Å². The Balaban J connectivity index is 6.47. The first-order chi connectivity index (χ1) is 12.5. The van der Waals surface area contributed by atoms with Crippen molar-refractivity contribution >= 4 is 10.2 Å². The Hall–Kier alpha value is -1.35. The van der Waals surface area contributed by atoms with E-state index in [1.165, 1.54) is 0 Å². The zero-order chi connectivity index (χ0) is 25.2. The second-order valence-corrected chi connectivity index (χ2v) is 6.27. The largest absolute Gasteiger partial charge is 0.460 e. The van der Waals surface area contributed by atoms with Crippen molar-refractivity contribution in [2.45, 2.75) is 47.3 Å². The molecule has 182 valence electrons. The van der Waals surface area contributed by atoms with Gasteiger partial charge in [-0.05, 0) is 0 Å². The molecule has 0 aromatic rings. The lowest BCUT2D eigenvalue weighted by atomic mass is 10.1. The quantitative estimate of drug-likeness (QED) is 0.329.